The third-order valence-corrected chi connectivity index (χ3v) is 4.82. The summed E-state index contributed by atoms with van der Waals surface area (Å²) < 4.78 is 26.6. The molecule has 3 aromatic rings. The molecule has 1 aliphatic rings. The molecule has 2 heterocycles. The summed E-state index contributed by atoms with van der Waals surface area (Å²) in [7, 11) is 3.03. The number of amides is 1. The number of fused-ring (bicyclic) bond motifs is 1. The van der Waals surface area contributed by atoms with Gasteiger partial charge in [-0.2, -0.15) is 4.68 Å². The molecule has 2 aromatic carbocycles. The molecule has 154 valence electrons. The second kappa shape index (κ2) is 7.82. The Morgan fingerprint density at radius 2 is 2.00 bits per heavy atom. The predicted molar refractivity (Wildman–Crippen MR) is 107 cm³/mol. The Morgan fingerprint density at radius 1 is 1.20 bits per heavy atom. The first-order valence-electron chi connectivity index (χ1n) is 9.07. The van der Waals surface area contributed by atoms with Gasteiger partial charge < -0.3 is 20.1 Å². The van der Waals surface area contributed by atoms with Crippen LogP contribution < -0.4 is 20.1 Å². The number of tetrazole rings is 1. The highest BCUT2D eigenvalue weighted by molar-refractivity contribution is 6.06. The van der Waals surface area contributed by atoms with Gasteiger partial charge in [0.1, 0.15) is 23.4 Å². The van der Waals surface area contributed by atoms with Crippen LogP contribution in [0.2, 0.25) is 0 Å². The van der Waals surface area contributed by atoms with Crippen LogP contribution in [0.15, 0.2) is 53.7 Å². The van der Waals surface area contributed by atoms with Gasteiger partial charge in [-0.3, -0.25) is 4.79 Å². The van der Waals surface area contributed by atoms with Crippen LogP contribution in [0.5, 0.6) is 11.5 Å². The maximum atomic E-state index is 14.7. The molecule has 2 N–H and O–H groups in total. The number of halogens is 1. The van der Waals surface area contributed by atoms with Gasteiger partial charge >= 0.3 is 0 Å². The van der Waals surface area contributed by atoms with Crippen LogP contribution in [-0.2, 0) is 4.79 Å². The van der Waals surface area contributed by atoms with E-state index in [0.29, 0.717) is 28.8 Å². The summed E-state index contributed by atoms with van der Waals surface area (Å²) in [6.07, 6.45) is 0. The van der Waals surface area contributed by atoms with Crippen LogP contribution in [0.3, 0.4) is 0 Å². The fourth-order valence-corrected chi connectivity index (χ4v) is 3.38. The van der Waals surface area contributed by atoms with E-state index >= 15 is 0 Å². The number of aromatic nitrogens is 4. The zero-order valence-corrected chi connectivity index (χ0v) is 16.5. The van der Waals surface area contributed by atoms with E-state index in [4.69, 9.17) is 9.47 Å². The lowest BCUT2D eigenvalue weighted by Gasteiger charge is -2.28. The lowest BCUT2D eigenvalue weighted by atomic mass is 9.94. The van der Waals surface area contributed by atoms with Gasteiger partial charge in [-0.15, -0.1) is 0 Å². The Balaban J connectivity index is 1.76. The molecule has 0 saturated carbocycles. The SMILES string of the molecule is COc1ccc(NC(=O)C2=C(C)Nc3nnnn3C2c2ccccc2F)c(OC)c1. The number of rotatable bonds is 5. The van der Waals surface area contributed by atoms with Gasteiger partial charge in [0.15, 0.2) is 0 Å². The first kappa shape index (κ1) is 19.4. The summed E-state index contributed by atoms with van der Waals surface area (Å²) in [5.74, 6) is 0.417. The summed E-state index contributed by atoms with van der Waals surface area (Å²) in [6, 6.07) is 10.4. The van der Waals surface area contributed by atoms with Crippen LogP contribution >= 0.6 is 0 Å². The highest BCUT2D eigenvalue weighted by Gasteiger charge is 2.35. The van der Waals surface area contributed by atoms with Crippen LogP contribution in [-0.4, -0.2) is 40.3 Å². The molecular formula is C20H19FN6O3. The Kier molecular flexibility index (Phi) is 5.05. The smallest absolute Gasteiger partial charge is 0.255 e. The van der Waals surface area contributed by atoms with Crippen molar-refractivity contribution < 1.29 is 18.7 Å². The number of benzene rings is 2. The topological polar surface area (TPSA) is 103 Å². The number of nitrogens with one attached hydrogen (secondary N) is 2. The van der Waals surface area contributed by atoms with E-state index in [9.17, 15) is 9.18 Å². The molecule has 1 aromatic heterocycles. The zero-order chi connectivity index (χ0) is 21.3. The van der Waals surface area contributed by atoms with Crippen molar-refractivity contribution in [3.05, 3.63) is 65.1 Å². The van der Waals surface area contributed by atoms with E-state index < -0.39 is 17.8 Å². The standard InChI is InChI=1S/C20H19FN6O3/c1-11-17(19(28)23-15-9-8-12(29-2)10-16(15)30-3)18(13-6-4-5-7-14(13)21)27-20(22-11)24-25-26-27/h4-10,18H,1-3H3,(H,23,28)(H,22,24,26). The zero-order valence-electron chi connectivity index (χ0n) is 16.5. The molecule has 1 amide bonds. The third-order valence-electron chi connectivity index (χ3n) is 4.82. The summed E-state index contributed by atoms with van der Waals surface area (Å²) in [6.45, 7) is 1.71. The van der Waals surface area contributed by atoms with Crippen LogP contribution in [0.4, 0.5) is 16.0 Å². The Labute approximate surface area is 171 Å². The molecule has 9 nitrogen and oxygen atoms in total. The fraction of sp³-hybridized carbons (Fsp3) is 0.200. The lowest BCUT2D eigenvalue weighted by molar-refractivity contribution is -0.113. The normalized spacial score (nSPS) is 15.3. The number of anilines is 2. The Bertz CT molecular complexity index is 1140. The van der Waals surface area contributed by atoms with Gasteiger partial charge in [0.2, 0.25) is 5.95 Å². The van der Waals surface area contributed by atoms with Gasteiger partial charge in [-0.05, 0) is 35.5 Å². The van der Waals surface area contributed by atoms with Crippen molar-refractivity contribution in [1.29, 1.82) is 0 Å². The number of methoxy groups -OCH3 is 2. The van der Waals surface area contributed by atoms with Gasteiger partial charge in [0.25, 0.3) is 5.91 Å². The average molecular weight is 410 g/mol. The molecule has 0 bridgehead atoms. The molecule has 4 rings (SSSR count). The largest absolute Gasteiger partial charge is 0.497 e. The molecule has 0 radical (unpaired) electrons. The summed E-state index contributed by atoms with van der Waals surface area (Å²) >= 11 is 0. The summed E-state index contributed by atoms with van der Waals surface area (Å²) in [5, 5.41) is 17.3. The molecule has 0 fully saturated rings. The van der Waals surface area contributed by atoms with Crippen molar-refractivity contribution in [2.75, 3.05) is 24.9 Å². The van der Waals surface area contributed by atoms with Crippen LogP contribution in [0, 0.1) is 5.82 Å². The number of nitrogens with zero attached hydrogens (tertiary/aromatic N) is 4. The van der Waals surface area contributed by atoms with E-state index in [2.05, 4.69) is 26.2 Å². The first-order chi connectivity index (χ1) is 14.5. The molecule has 0 spiro atoms. The minimum Gasteiger partial charge on any atom is -0.497 e. The minimum absolute atomic E-state index is 0.276. The van der Waals surface area contributed by atoms with Crippen molar-refractivity contribution in [2.45, 2.75) is 13.0 Å². The maximum Gasteiger partial charge on any atom is 0.255 e. The second-order valence-electron chi connectivity index (χ2n) is 6.56. The number of allylic oxidation sites excluding steroid dienone is 1. The van der Waals surface area contributed by atoms with E-state index in [1.807, 2.05) is 0 Å². The summed E-state index contributed by atoms with van der Waals surface area (Å²) in [4.78, 5) is 13.3. The maximum absolute atomic E-state index is 14.7. The molecule has 1 aliphatic heterocycles. The molecule has 30 heavy (non-hydrogen) atoms. The monoisotopic (exact) mass is 410 g/mol. The molecule has 10 heteroatoms. The molecular weight excluding hydrogens is 391 g/mol. The van der Waals surface area contributed by atoms with Crippen LogP contribution in [0.25, 0.3) is 0 Å². The average Bonchev–Trinajstić information content (AvgIpc) is 3.21. The molecule has 0 saturated heterocycles. The van der Waals surface area contributed by atoms with E-state index in [1.165, 1.54) is 25.0 Å². The number of carbonyl (C=O) groups excluding carboxylic acids is 1. The number of hydrogen-bond acceptors (Lipinski definition) is 7. The van der Waals surface area contributed by atoms with Crippen molar-refractivity contribution >= 4 is 17.5 Å². The van der Waals surface area contributed by atoms with E-state index in [1.54, 1.807) is 43.3 Å². The van der Waals surface area contributed by atoms with Crippen molar-refractivity contribution in [2.24, 2.45) is 0 Å². The van der Waals surface area contributed by atoms with Crippen molar-refractivity contribution in [1.82, 2.24) is 20.2 Å². The van der Waals surface area contributed by atoms with E-state index in [0.717, 1.165) is 0 Å². The van der Waals surface area contributed by atoms with Crippen LogP contribution in [0.1, 0.15) is 18.5 Å². The van der Waals surface area contributed by atoms with Gasteiger partial charge in [0.05, 0.1) is 25.5 Å². The minimum atomic E-state index is -0.846. The highest BCUT2D eigenvalue weighted by Crippen LogP contribution is 2.37. The fourth-order valence-electron chi connectivity index (χ4n) is 3.38. The highest BCUT2D eigenvalue weighted by atomic mass is 19.1. The Hall–Kier alpha value is -3.95. The number of carbonyl (C=O) groups is 1. The third kappa shape index (κ3) is 3.32. The second-order valence-corrected chi connectivity index (χ2v) is 6.56. The van der Waals surface area contributed by atoms with Crippen molar-refractivity contribution in [3.8, 4) is 11.5 Å². The Morgan fingerprint density at radius 3 is 2.73 bits per heavy atom. The lowest BCUT2D eigenvalue weighted by Crippen LogP contribution is -2.32. The quantitative estimate of drug-likeness (QED) is 0.667. The summed E-state index contributed by atoms with van der Waals surface area (Å²) in [5.41, 5.74) is 1.51. The van der Waals surface area contributed by atoms with Crippen molar-refractivity contribution in [3.63, 3.8) is 0 Å². The predicted octanol–water partition coefficient (Wildman–Crippen LogP) is 2.76. The first-order valence-corrected chi connectivity index (χ1v) is 9.07. The van der Waals surface area contributed by atoms with E-state index in [-0.39, 0.29) is 11.1 Å². The molecule has 1 atom stereocenters. The number of hydrogen-bond donors (Lipinski definition) is 2. The molecule has 1 unspecified atom stereocenters. The number of ether oxygens (including phenoxy) is 2. The van der Waals surface area contributed by atoms with Gasteiger partial charge in [0, 0.05) is 17.3 Å². The molecule has 0 aliphatic carbocycles. The van der Waals surface area contributed by atoms with Gasteiger partial charge in [-0.1, -0.05) is 23.3 Å². The van der Waals surface area contributed by atoms with Gasteiger partial charge in [-0.25, -0.2) is 4.39 Å².